The molecule has 1 aromatic carbocycles. The molecular formula is C21H29N3O4. The first-order valence-corrected chi connectivity index (χ1v) is 9.39. The molecule has 3 N–H and O–H groups in total. The van der Waals surface area contributed by atoms with Crippen LogP contribution in [0.4, 0.5) is 0 Å². The Morgan fingerprint density at radius 3 is 2.14 bits per heavy atom. The highest BCUT2D eigenvalue weighted by Crippen LogP contribution is 2.17. The maximum absolute atomic E-state index is 9.55. The van der Waals surface area contributed by atoms with Crippen LogP contribution in [0.2, 0.25) is 0 Å². The second-order valence-corrected chi connectivity index (χ2v) is 7.12. The summed E-state index contributed by atoms with van der Waals surface area (Å²) in [6.07, 6.45) is 3.59. The average molecular weight is 387 g/mol. The number of aliphatic carboxylic acids is 2. The standard InChI is InChI=1S/C17H25N3.C4H4O4/c1-14(2)12-20(17-7-9-19-10-8-17)13-16-5-3-15(11-18)4-6-16;5-3(6)1-2-4(7)8/h3-6,14,17,19H,7-10,12-13H2,1-2H3;1-2H,(H,5,6)(H,7,8)/b;2-1+. The van der Waals surface area contributed by atoms with Crippen LogP contribution in [0, 0.1) is 17.2 Å². The monoisotopic (exact) mass is 387 g/mol. The molecule has 1 heterocycles. The molecule has 7 nitrogen and oxygen atoms in total. The van der Waals surface area contributed by atoms with Crippen LogP contribution in [0.15, 0.2) is 36.4 Å². The van der Waals surface area contributed by atoms with Crippen molar-refractivity contribution < 1.29 is 19.8 Å². The van der Waals surface area contributed by atoms with Crippen molar-refractivity contribution in [3.8, 4) is 6.07 Å². The van der Waals surface area contributed by atoms with Gasteiger partial charge in [-0.15, -0.1) is 0 Å². The van der Waals surface area contributed by atoms with Gasteiger partial charge < -0.3 is 15.5 Å². The normalized spacial score (nSPS) is 14.5. The molecule has 1 aliphatic heterocycles. The van der Waals surface area contributed by atoms with Crippen LogP contribution in [0.1, 0.15) is 37.8 Å². The lowest BCUT2D eigenvalue weighted by Crippen LogP contribution is -2.44. The summed E-state index contributed by atoms with van der Waals surface area (Å²) in [5.74, 6) is -1.83. The highest BCUT2D eigenvalue weighted by Gasteiger charge is 2.21. The number of hydrogen-bond donors (Lipinski definition) is 3. The van der Waals surface area contributed by atoms with Crippen LogP contribution >= 0.6 is 0 Å². The quantitative estimate of drug-likeness (QED) is 0.616. The van der Waals surface area contributed by atoms with Gasteiger partial charge in [0.05, 0.1) is 11.6 Å². The van der Waals surface area contributed by atoms with Crippen LogP contribution in [0.3, 0.4) is 0 Å². The molecule has 0 amide bonds. The predicted octanol–water partition coefficient (Wildman–Crippen LogP) is 2.48. The smallest absolute Gasteiger partial charge is 0.328 e. The van der Waals surface area contributed by atoms with Gasteiger partial charge in [0.2, 0.25) is 0 Å². The van der Waals surface area contributed by atoms with E-state index in [1.807, 2.05) is 12.1 Å². The maximum atomic E-state index is 9.55. The van der Waals surface area contributed by atoms with Crippen LogP contribution < -0.4 is 5.32 Å². The topological polar surface area (TPSA) is 114 Å². The van der Waals surface area contributed by atoms with E-state index in [0.717, 1.165) is 31.7 Å². The van der Waals surface area contributed by atoms with Gasteiger partial charge in [-0.25, -0.2) is 9.59 Å². The van der Waals surface area contributed by atoms with E-state index in [1.165, 1.54) is 18.4 Å². The molecule has 28 heavy (non-hydrogen) atoms. The molecule has 1 saturated heterocycles. The van der Waals surface area contributed by atoms with Crippen molar-refractivity contribution in [1.82, 2.24) is 10.2 Å². The molecule has 0 atom stereocenters. The molecule has 152 valence electrons. The van der Waals surface area contributed by atoms with E-state index in [4.69, 9.17) is 15.5 Å². The van der Waals surface area contributed by atoms with Gasteiger partial charge >= 0.3 is 11.9 Å². The van der Waals surface area contributed by atoms with Crippen molar-refractivity contribution in [3.05, 3.63) is 47.5 Å². The van der Waals surface area contributed by atoms with E-state index in [9.17, 15) is 9.59 Å². The first-order valence-electron chi connectivity index (χ1n) is 9.39. The Balaban J connectivity index is 0.000000416. The molecule has 0 aliphatic carbocycles. The summed E-state index contributed by atoms with van der Waals surface area (Å²) in [6, 6.07) is 10.9. The molecule has 0 aromatic heterocycles. The third-order valence-corrected chi connectivity index (χ3v) is 4.26. The summed E-state index contributed by atoms with van der Waals surface area (Å²) in [4.78, 5) is 21.7. The van der Waals surface area contributed by atoms with Crippen LogP contribution in [0.25, 0.3) is 0 Å². The number of rotatable bonds is 7. The highest BCUT2D eigenvalue weighted by molar-refractivity contribution is 5.89. The third-order valence-electron chi connectivity index (χ3n) is 4.26. The SMILES string of the molecule is CC(C)CN(Cc1ccc(C#N)cc1)C1CCNCC1.O=C(O)/C=C/C(=O)O. The zero-order valence-electron chi connectivity index (χ0n) is 16.5. The Bertz CT molecular complexity index is 671. The molecule has 0 radical (unpaired) electrons. The van der Waals surface area contributed by atoms with Crippen molar-refractivity contribution >= 4 is 11.9 Å². The number of nitrogens with one attached hydrogen (secondary N) is 1. The summed E-state index contributed by atoms with van der Waals surface area (Å²) >= 11 is 0. The van der Waals surface area contributed by atoms with E-state index < -0.39 is 11.9 Å². The fourth-order valence-electron chi connectivity index (χ4n) is 3.05. The predicted molar refractivity (Wildman–Crippen MR) is 107 cm³/mol. The number of piperidine rings is 1. The largest absolute Gasteiger partial charge is 0.478 e. The summed E-state index contributed by atoms with van der Waals surface area (Å²) in [5, 5.41) is 27.9. The summed E-state index contributed by atoms with van der Waals surface area (Å²) in [6.45, 7) is 8.97. The lowest BCUT2D eigenvalue weighted by molar-refractivity contribution is -0.134. The number of carboxylic acids is 2. The molecular weight excluding hydrogens is 358 g/mol. The number of hydrogen-bond acceptors (Lipinski definition) is 5. The van der Waals surface area contributed by atoms with Gasteiger partial charge in [-0.1, -0.05) is 26.0 Å². The zero-order chi connectivity index (χ0) is 20.9. The first-order chi connectivity index (χ1) is 13.3. The Hall–Kier alpha value is -2.69. The molecule has 1 aromatic rings. The van der Waals surface area contributed by atoms with Gasteiger partial charge in [0, 0.05) is 31.3 Å². The van der Waals surface area contributed by atoms with Gasteiger partial charge in [-0.3, -0.25) is 4.90 Å². The summed E-state index contributed by atoms with van der Waals surface area (Å²) in [5.41, 5.74) is 2.05. The number of carbonyl (C=O) groups is 2. The van der Waals surface area contributed by atoms with Gasteiger partial charge in [-0.2, -0.15) is 5.26 Å². The van der Waals surface area contributed by atoms with E-state index in [1.54, 1.807) is 0 Å². The number of nitrogens with zero attached hydrogens (tertiary/aromatic N) is 2. The first kappa shape index (κ1) is 23.3. The zero-order valence-corrected chi connectivity index (χ0v) is 16.5. The fraction of sp³-hybridized carbons (Fsp3) is 0.476. The van der Waals surface area contributed by atoms with Crippen molar-refractivity contribution in [1.29, 1.82) is 5.26 Å². The Morgan fingerprint density at radius 2 is 1.71 bits per heavy atom. The van der Waals surface area contributed by atoms with Gasteiger partial charge in [0.15, 0.2) is 0 Å². The maximum Gasteiger partial charge on any atom is 0.328 e. The molecule has 0 spiro atoms. The van der Waals surface area contributed by atoms with Crippen molar-refractivity contribution in [2.75, 3.05) is 19.6 Å². The minimum atomic E-state index is -1.26. The van der Waals surface area contributed by atoms with E-state index in [2.05, 4.69) is 42.3 Å². The number of benzene rings is 1. The third kappa shape index (κ3) is 9.86. The summed E-state index contributed by atoms with van der Waals surface area (Å²) in [7, 11) is 0. The second kappa shape index (κ2) is 12.7. The fourth-order valence-corrected chi connectivity index (χ4v) is 3.05. The van der Waals surface area contributed by atoms with Gasteiger partial charge in [-0.05, 0) is 49.5 Å². The van der Waals surface area contributed by atoms with Crippen LogP contribution in [-0.2, 0) is 16.1 Å². The highest BCUT2D eigenvalue weighted by atomic mass is 16.4. The number of nitriles is 1. The molecule has 1 fully saturated rings. The number of carboxylic acid groups (broad SMARTS) is 2. The lowest BCUT2D eigenvalue weighted by Gasteiger charge is -2.35. The Labute approximate surface area is 166 Å². The molecule has 0 bridgehead atoms. The second-order valence-electron chi connectivity index (χ2n) is 7.12. The van der Waals surface area contributed by atoms with Crippen molar-refractivity contribution in [2.24, 2.45) is 5.92 Å². The van der Waals surface area contributed by atoms with Crippen molar-refractivity contribution in [3.63, 3.8) is 0 Å². The van der Waals surface area contributed by atoms with E-state index >= 15 is 0 Å². The van der Waals surface area contributed by atoms with Crippen LogP contribution in [0.5, 0.6) is 0 Å². The molecule has 0 unspecified atom stereocenters. The minimum Gasteiger partial charge on any atom is -0.478 e. The molecule has 7 heteroatoms. The average Bonchev–Trinajstić information content (AvgIpc) is 2.67. The van der Waals surface area contributed by atoms with Crippen molar-refractivity contribution in [2.45, 2.75) is 39.3 Å². The summed E-state index contributed by atoms with van der Waals surface area (Å²) < 4.78 is 0. The van der Waals surface area contributed by atoms with E-state index in [0.29, 0.717) is 24.1 Å². The molecule has 0 saturated carbocycles. The Kier molecular flexibility index (Phi) is 10.6. The van der Waals surface area contributed by atoms with Crippen LogP contribution in [-0.4, -0.2) is 52.7 Å². The lowest BCUT2D eigenvalue weighted by atomic mass is 10.0. The Morgan fingerprint density at radius 1 is 1.18 bits per heavy atom. The van der Waals surface area contributed by atoms with Gasteiger partial charge in [0.25, 0.3) is 0 Å². The molecule has 1 aliphatic rings. The molecule has 2 rings (SSSR count). The minimum absolute atomic E-state index is 0.558. The van der Waals surface area contributed by atoms with E-state index in [-0.39, 0.29) is 0 Å². The van der Waals surface area contributed by atoms with Gasteiger partial charge in [0.1, 0.15) is 0 Å².